The molecule has 17 heavy (non-hydrogen) atoms. The van der Waals surface area contributed by atoms with E-state index in [1.807, 2.05) is 4.57 Å². The summed E-state index contributed by atoms with van der Waals surface area (Å²) >= 11 is 1.51. The highest BCUT2D eigenvalue weighted by atomic mass is 32.2. The van der Waals surface area contributed by atoms with Crippen LogP contribution in [0.3, 0.4) is 0 Å². The molecule has 7 heteroatoms. The van der Waals surface area contributed by atoms with Crippen molar-refractivity contribution in [2.75, 3.05) is 13.2 Å². The van der Waals surface area contributed by atoms with Crippen LogP contribution >= 0.6 is 11.8 Å². The van der Waals surface area contributed by atoms with Crippen molar-refractivity contribution in [1.29, 1.82) is 0 Å². The molecule has 1 fully saturated rings. The standard InChI is InChI=1S/C10H18N4O2S/c1-6(2)14-9(3-11)12-13-10(14)17-8-5-16-4-7(8)15/h6-8,15H,3-5,11H2,1-2H3. The predicted molar refractivity (Wildman–Crippen MR) is 64.8 cm³/mol. The van der Waals surface area contributed by atoms with Gasteiger partial charge in [0.15, 0.2) is 5.16 Å². The fourth-order valence-corrected chi connectivity index (χ4v) is 3.01. The molecule has 0 amide bonds. The van der Waals surface area contributed by atoms with Gasteiger partial charge in [0, 0.05) is 6.04 Å². The Labute approximate surface area is 105 Å². The maximum atomic E-state index is 9.72. The molecule has 2 rings (SSSR count). The van der Waals surface area contributed by atoms with Gasteiger partial charge in [0.2, 0.25) is 0 Å². The summed E-state index contributed by atoms with van der Waals surface area (Å²) in [4.78, 5) is 0. The number of ether oxygens (including phenoxy) is 1. The molecule has 0 spiro atoms. The molecular weight excluding hydrogens is 240 g/mol. The SMILES string of the molecule is CC(C)n1c(CN)nnc1SC1COCC1O. The molecule has 96 valence electrons. The van der Waals surface area contributed by atoms with E-state index in [1.165, 1.54) is 11.8 Å². The Hall–Kier alpha value is -0.630. The number of thioether (sulfide) groups is 1. The summed E-state index contributed by atoms with van der Waals surface area (Å²) in [5.41, 5.74) is 5.63. The van der Waals surface area contributed by atoms with E-state index in [4.69, 9.17) is 10.5 Å². The normalized spacial score (nSPS) is 24.8. The molecule has 2 atom stereocenters. The van der Waals surface area contributed by atoms with Crippen molar-refractivity contribution in [1.82, 2.24) is 14.8 Å². The van der Waals surface area contributed by atoms with Gasteiger partial charge in [0.25, 0.3) is 0 Å². The highest BCUT2D eigenvalue weighted by molar-refractivity contribution is 7.99. The van der Waals surface area contributed by atoms with Crippen LogP contribution in [0.5, 0.6) is 0 Å². The van der Waals surface area contributed by atoms with Crippen LogP contribution in [0.4, 0.5) is 0 Å². The lowest BCUT2D eigenvalue weighted by Crippen LogP contribution is -2.21. The van der Waals surface area contributed by atoms with Crippen LogP contribution in [0, 0.1) is 0 Å². The van der Waals surface area contributed by atoms with Crippen LogP contribution < -0.4 is 5.73 Å². The van der Waals surface area contributed by atoms with Gasteiger partial charge >= 0.3 is 0 Å². The molecule has 3 N–H and O–H groups in total. The molecule has 0 bridgehead atoms. The third kappa shape index (κ3) is 2.62. The second-order valence-corrected chi connectivity index (χ2v) is 5.53. The first kappa shape index (κ1) is 12.8. The predicted octanol–water partition coefficient (Wildman–Crippen LogP) is 0.170. The van der Waals surface area contributed by atoms with Crippen molar-refractivity contribution in [2.24, 2.45) is 5.73 Å². The van der Waals surface area contributed by atoms with Crippen molar-refractivity contribution in [3.8, 4) is 0 Å². The summed E-state index contributed by atoms with van der Waals surface area (Å²) in [6, 6.07) is 0.255. The van der Waals surface area contributed by atoms with Gasteiger partial charge in [-0.05, 0) is 13.8 Å². The van der Waals surface area contributed by atoms with E-state index < -0.39 is 6.10 Å². The van der Waals surface area contributed by atoms with Crippen molar-refractivity contribution in [3.63, 3.8) is 0 Å². The summed E-state index contributed by atoms with van der Waals surface area (Å²) in [6.07, 6.45) is -0.432. The molecule has 2 heterocycles. The number of hydrogen-bond acceptors (Lipinski definition) is 6. The maximum Gasteiger partial charge on any atom is 0.191 e. The molecule has 0 saturated carbocycles. The molecule has 0 radical (unpaired) electrons. The topological polar surface area (TPSA) is 86.2 Å². The van der Waals surface area contributed by atoms with Crippen molar-refractivity contribution in [3.05, 3.63) is 5.82 Å². The van der Waals surface area contributed by atoms with E-state index in [9.17, 15) is 5.11 Å². The summed E-state index contributed by atoms with van der Waals surface area (Å²) in [6.45, 7) is 5.45. The van der Waals surface area contributed by atoms with Gasteiger partial charge in [-0.15, -0.1) is 10.2 Å². The second kappa shape index (κ2) is 5.34. The van der Waals surface area contributed by atoms with Gasteiger partial charge in [0.1, 0.15) is 5.82 Å². The molecule has 2 unspecified atom stereocenters. The Bertz CT molecular complexity index is 382. The first-order valence-electron chi connectivity index (χ1n) is 5.69. The Morgan fingerprint density at radius 2 is 2.29 bits per heavy atom. The Morgan fingerprint density at radius 1 is 1.53 bits per heavy atom. The van der Waals surface area contributed by atoms with Crippen molar-refractivity contribution < 1.29 is 9.84 Å². The summed E-state index contributed by atoms with van der Waals surface area (Å²) in [7, 11) is 0. The van der Waals surface area contributed by atoms with Gasteiger partial charge in [-0.2, -0.15) is 0 Å². The molecule has 1 aromatic rings. The number of nitrogens with zero attached hydrogens (tertiary/aromatic N) is 3. The minimum absolute atomic E-state index is 0.0299. The first-order valence-corrected chi connectivity index (χ1v) is 6.57. The van der Waals surface area contributed by atoms with E-state index in [2.05, 4.69) is 24.0 Å². The number of aliphatic hydroxyl groups is 1. The molecule has 6 nitrogen and oxygen atoms in total. The molecule has 1 aromatic heterocycles. The van der Waals surface area contributed by atoms with Crippen LogP contribution in [0.2, 0.25) is 0 Å². The van der Waals surface area contributed by atoms with Crippen LogP contribution in [0.15, 0.2) is 5.16 Å². The zero-order valence-electron chi connectivity index (χ0n) is 10.0. The number of aromatic nitrogens is 3. The quantitative estimate of drug-likeness (QED) is 0.800. The number of hydrogen-bond donors (Lipinski definition) is 2. The summed E-state index contributed by atoms with van der Waals surface area (Å²) in [5.74, 6) is 0.774. The smallest absolute Gasteiger partial charge is 0.191 e. The molecular formula is C10H18N4O2S. The largest absolute Gasteiger partial charge is 0.389 e. The zero-order chi connectivity index (χ0) is 12.4. The maximum absolute atomic E-state index is 9.72. The first-order chi connectivity index (χ1) is 8.13. The fourth-order valence-electron chi connectivity index (χ4n) is 1.82. The van der Waals surface area contributed by atoms with E-state index in [0.29, 0.717) is 19.8 Å². The van der Waals surface area contributed by atoms with Crippen molar-refractivity contribution >= 4 is 11.8 Å². The Balaban J connectivity index is 2.17. The number of nitrogens with two attached hydrogens (primary N) is 1. The third-order valence-electron chi connectivity index (χ3n) is 2.69. The molecule has 0 aliphatic carbocycles. The van der Waals surface area contributed by atoms with Gasteiger partial charge in [-0.25, -0.2) is 0 Å². The monoisotopic (exact) mass is 258 g/mol. The van der Waals surface area contributed by atoms with Crippen LogP contribution in [-0.4, -0.2) is 44.4 Å². The Kier molecular flexibility index (Phi) is 4.03. The Morgan fingerprint density at radius 3 is 2.82 bits per heavy atom. The van der Waals surface area contributed by atoms with Crippen LogP contribution in [-0.2, 0) is 11.3 Å². The lowest BCUT2D eigenvalue weighted by atomic mass is 10.3. The minimum Gasteiger partial charge on any atom is -0.389 e. The van der Waals surface area contributed by atoms with E-state index in [1.54, 1.807) is 0 Å². The molecule has 1 saturated heterocycles. The highest BCUT2D eigenvalue weighted by Gasteiger charge is 2.29. The lowest BCUT2D eigenvalue weighted by Gasteiger charge is -2.15. The minimum atomic E-state index is -0.432. The lowest BCUT2D eigenvalue weighted by molar-refractivity contribution is 0.127. The van der Waals surface area contributed by atoms with E-state index in [0.717, 1.165) is 11.0 Å². The van der Waals surface area contributed by atoms with Crippen LogP contribution in [0.1, 0.15) is 25.7 Å². The third-order valence-corrected chi connectivity index (χ3v) is 3.93. The molecule has 0 aromatic carbocycles. The van der Waals surface area contributed by atoms with E-state index >= 15 is 0 Å². The van der Waals surface area contributed by atoms with Gasteiger partial charge < -0.3 is 20.1 Å². The van der Waals surface area contributed by atoms with Crippen molar-refractivity contribution in [2.45, 2.75) is 42.9 Å². The average Bonchev–Trinajstić information content (AvgIpc) is 2.86. The van der Waals surface area contributed by atoms with Gasteiger partial charge in [0.05, 0.1) is 31.1 Å². The highest BCUT2D eigenvalue weighted by Crippen LogP contribution is 2.29. The molecule has 1 aliphatic rings. The number of rotatable bonds is 4. The summed E-state index contributed by atoms with van der Waals surface area (Å²) < 4.78 is 7.23. The zero-order valence-corrected chi connectivity index (χ0v) is 10.9. The fraction of sp³-hybridized carbons (Fsp3) is 0.800. The average molecular weight is 258 g/mol. The van der Waals surface area contributed by atoms with Crippen LogP contribution in [0.25, 0.3) is 0 Å². The van der Waals surface area contributed by atoms with E-state index in [-0.39, 0.29) is 11.3 Å². The number of aliphatic hydroxyl groups excluding tert-OH is 1. The summed E-state index contributed by atoms with van der Waals surface area (Å²) in [5, 5.41) is 18.7. The second-order valence-electron chi connectivity index (χ2n) is 4.33. The van der Waals surface area contributed by atoms with Gasteiger partial charge in [-0.3, -0.25) is 0 Å². The molecule has 1 aliphatic heterocycles. The van der Waals surface area contributed by atoms with Gasteiger partial charge in [-0.1, -0.05) is 11.8 Å².